The number of piperazine rings is 1. The summed E-state index contributed by atoms with van der Waals surface area (Å²) in [4.78, 5) is 16.1. The zero-order chi connectivity index (χ0) is 18.5. The van der Waals surface area contributed by atoms with Crippen LogP contribution in [-0.2, 0) is 4.79 Å². The number of ether oxygens (including phenoxy) is 1. The van der Waals surface area contributed by atoms with E-state index in [1.54, 1.807) is 7.11 Å². The highest BCUT2D eigenvalue weighted by Gasteiger charge is 2.24. The van der Waals surface area contributed by atoms with Crippen LogP contribution >= 0.6 is 0 Å². The van der Waals surface area contributed by atoms with E-state index in [9.17, 15) is 4.79 Å². The largest absolute Gasteiger partial charge is 0.495 e. The molecule has 26 heavy (non-hydrogen) atoms. The molecule has 138 valence electrons. The van der Waals surface area contributed by atoms with Gasteiger partial charge in [0, 0.05) is 5.69 Å². The van der Waals surface area contributed by atoms with Gasteiger partial charge in [0.25, 0.3) is 5.91 Å². The lowest BCUT2D eigenvalue weighted by molar-refractivity contribution is -0.892. The fraction of sp³-hybridized carbons (Fsp3) is 0.381. The molecule has 1 amide bonds. The zero-order valence-corrected chi connectivity index (χ0v) is 15.8. The van der Waals surface area contributed by atoms with Crippen LogP contribution in [0.25, 0.3) is 0 Å². The van der Waals surface area contributed by atoms with Crippen LogP contribution in [0.3, 0.4) is 0 Å². The Kier molecular flexibility index (Phi) is 5.78. The molecule has 0 radical (unpaired) electrons. The molecule has 1 saturated heterocycles. The van der Waals surface area contributed by atoms with Crippen molar-refractivity contribution in [2.24, 2.45) is 0 Å². The van der Waals surface area contributed by atoms with Gasteiger partial charge in [-0.25, -0.2) is 0 Å². The number of benzene rings is 2. The van der Waals surface area contributed by atoms with E-state index in [1.165, 1.54) is 10.5 Å². The standard InChI is InChI=1S/C21H27N3O2/c1-16-8-9-18(17(2)14-16)22-21(25)15-23-10-12-24(13-11-23)19-6-4-5-7-20(19)26-3/h4-9,14H,10-13,15H2,1-3H3,(H,22,25)/p+1. The van der Waals surface area contributed by atoms with Gasteiger partial charge in [-0.3, -0.25) is 4.79 Å². The Morgan fingerprint density at radius 1 is 1.15 bits per heavy atom. The summed E-state index contributed by atoms with van der Waals surface area (Å²) >= 11 is 0. The van der Waals surface area contributed by atoms with E-state index >= 15 is 0 Å². The molecule has 0 atom stereocenters. The van der Waals surface area contributed by atoms with Crippen molar-refractivity contribution in [3.8, 4) is 5.75 Å². The Morgan fingerprint density at radius 3 is 2.58 bits per heavy atom. The first kappa shape index (κ1) is 18.3. The van der Waals surface area contributed by atoms with Crippen molar-refractivity contribution >= 4 is 17.3 Å². The molecule has 3 rings (SSSR count). The monoisotopic (exact) mass is 354 g/mol. The topological polar surface area (TPSA) is 46.0 Å². The highest BCUT2D eigenvalue weighted by molar-refractivity contribution is 5.92. The third kappa shape index (κ3) is 4.35. The molecule has 0 unspecified atom stereocenters. The second kappa shape index (κ2) is 8.23. The van der Waals surface area contributed by atoms with Crippen molar-refractivity contribution in [1.29, 1.82) is 0 Å². The predicted octanol–water partition coefficient (Wildman–Crippen LogP) is 1.66. The second-order valence-electron chi connectivity index (χ2n) is 6.95. The summed E-state index contributed by atoms with van der Waals surface area (Å²) in [6.07, 6.45) is 0. The van der Waals surface area contributed by atoms with Gasteiger partial charge in [-0.15, -0.1) is 0 Å². The van der Waals surface area contributed by atoms with E-state index in [2.05, 4.69) is 29.3 Å². The van der Waals surface area contributed by atoms with Gasteiger partial charge < -0.3 is 19.9 Å². The van der Waals surface area contributed by atoms with Crippen LogP contribution in [0, 0.1) is 13.8 Å². The third-order valence-corrected chi connectivity index (χ3v) is 4.96. The Bertz CT molecular complexity index is 768. The van der Waals surface area contributed by atoms with Crippen molar-refractivity contribution in [2.45, 2.75) is 13.8 Å². The lowest BCUT2D eigenvalue weighted by Crippen LogP contribution is -3.15. The highest BCUT2D eigenvalue weighted by atomic mass is 16.5. The van der Waals surface area contributed by atoms with Crippen molar-refractivity contribution in [3.05, 3.63) is 53.6 Å². The molecule has 5 nitrogen and oxygen atoms in total. The first-order valence-corrected chi connectivity index (χ1v) is 9.15. The summed E-state index contributed by atoms with van der Waals surface area (Å²) in [5.74, 6) is 0.987. The van der Waals surface area contributed by atoms with Crippen LogP contribution in [0.4, 0.5) is 11.4 Å². The molecule has 1 aliphatic rings. The highest BCUT2D eigenvalue weighted by Crippen LogP contribution is 2.27. The fourth-order valence-electron chi connectivity index (χ4n) is 3.51. The van der Waals surface area contributed by atoms with Gasteiger partial charge in [0.15, 0.2) is 6.54 Å². The number of rotatable bonds is 5. The molecule has 0 saturated carbocycles. The van der Waals surface area contributed by atoms with E-state index in [-0.39, 0.29) is 5.91 Å². The number of nitrogens with zero attached hydrogens (tertiary/aromatic N) is 1. The quantitative estimate of drug-likeness (QED) is 0.858. The normalized spacial score (nSPS) is 15.0. The number of aryl methyl sites for hydroxylation is 2. The number of nitrogens with one attached hydrogen (secondary N) is 2. The average Bonchev–Trinajstić information content (AvgIpc) is 2.64. The summed E-state index contributed by atoms with van der Waals surface area (Å²) in [6, 6.07) is 14.2. The lowest BCUT2D eigenvalue weighted by atomic mass is 10.1. The first-order chi connectivity index (χ1) is 12.6. The molecular formula is C21H28N3O2+. The first-order valence-electron chi connectivity index (χ1n) is 9.15. The maximum absolute atomic E-state index is 12.4. The Hall–Kier alpha value is -2.53. The van der Waals surface area contributed by atoms with Gasteiger partial charge in [0.05, 0.1) is 39.0 Å². The minimum atomic E-state index is 0.0812. The maximum atomic E-state index is 12.4. The fourth-order valence-corrected chi connectivity index (χ4v) is 3.51. The maximum Gasteiger partial charge on any atom is 0.279 e. The third-order valence-electron chi connectivity index (χ3n) is 4.96. The number of hydrogen-bond donors (Lipinski definition) is 2. The molecule has 0 aliphatic carbocycles. The van der Waals surface area contributed by atoms with Crippen LogP contribution < -0.4 is 19.9 Å². The van der Waals surface area contributed by atoms with E-state index in [1.807, 2.05) is 37.3 Å². The number of amides is 1. The second-order valence-corrected chi connectivity index (χ2v) is 6.95. The van der Waals surface area contributed by atoms with Crippen molar-refractivity contribution in [2.75, 3.05) is 50.1 Å². The summed E-state index contributed by atoms with van der Waals surface area (Å²) in [5.41, 5.74) is 4.36. The van der Waals surface area contributed by atoms with Gasteiger partial charge in [-0.2, -0.15) is 0 Å². The number of hydrogen-bond acceptors (Lipinski definition) is 3. The van der Waals surface area contributed by atoms with Crippen molar-refractivity contribution in [1.82, 2.24) is 0 Å². The molecular weight excluding hydrogens is 326 g/mol. The summed E-state index contributed by atoms with van der Waals surface area (Å²) in [5, 5.41) is 3.05. The summed E-state index contributed by atoms with van der Waals surface area (Å²) < 4.78 is 5.46. The summed E-state index contributed by atoms with van der Waals surface area (Å²) in [7, 11) is 1.71. The molecule has 1 aliphatic heterocycles. The Labute approximate surface area is 155 Å². The number of quaternary nitrogens is 1. The molecule has 0 bridgehead atoms. The van der Waals surface area contributed by atoms with Crippen LogP contribution in [0.15, 0.2) is 42.5 Å². The van der Waals surface area contributed by atoms with Crippen LogP contribution in [0.2, 0.25) is 0 Å². The average molecular weight is 354 g/mol. The smallest absolute Gasteiger partial charge is 0.279 e. The van der Waals surface area contributed by atoms with E-state index in [0.29, 0.717) is 6.54 Å². The van der Waals surface area contributed by atoms with E-state index in [0.717, 1.165) is 48.9 Å². The summed E-state index contributed by atoms with van der Waals surface area (Å²) in [6.45, 7) is 8.33. The van der Waals surface area contributed by atoms with Gasteiger partial charge in [0.2, 0.25) is 0 Å². The minimum Gasteiger partial charge on any atom is -0.495 e. The SMILES string of the molecule is COc1ccccc1N1CC[NH+](CC(=O)Nc2ccc(C)cc2C)CC1. The van der Waals surface area contributed by atoms with E-state index in [4.69, 9.17) is 4.74 Å². The van der Waals surface area contributed by atoms with Crippen molar-refractivity contribution in [3.63, 3.8) is 0 Å². The van der Waals surface area contributed by atoms with Gasteiger partial charge >= 0.3 is 0 Å². The zero-order valence-electron chi connectivity index (χ0n) is 15.8. The van der Waals surface area contributed by atoms with Crippen molar-refractivity contribution < 1.29 is 14.4 Å². The molecule has 5 heteroatoms. The van der Waals surface area contributed by atoms with E-state index < -0.39 is 0 Å². The Balaban J connectivity index is 1.53. The number of carbonyl (C=O) groups excluding carboxylic acids is 1. The molecule has 2 aromatic carbocycles. The molecule has 0 spiro atoms. The van der Waals surface area contributed by atoms with Gasteiger partial charge in [-0.05, 0) is 37.6 Å². The number of anilines is 2. The number of carbonyl (C=O) groups is 1. The van der Waals surface area contributed by atoms with Gasteiger partial charge in [0.1, 0.15) is 5.75 Å². The van der Waals surface area contributed by atoms with Crippen LogP contribution in [-0.4, -0.2) is 45.7 Å². The Morgan fingerprint density at radius 2 is 1.88 bits per heavy atom. The lowest BCUT2D eigenvalue weighted by Gasteiger charge is -2.34. The molecule has 0 aromatic heterocycles. The number of methoxy groups -OCH3 is 1. The predicted molar refractivity (Wildman–Crippen MR) is 105 cm³/mol. The molecule has 1 fully saturated rings. The molecule has 1 heterocycles. The number of para-hydroxylation sites is 2. The van der Waals surface area contributed by atoms with Crippen LogP contribution in [0.1, 0.15) is 11.1 Å². The van der Waals surface area contributed by atoms with Crippen LogP contribution in [0.5, 0.6) is 5.75 Å². The minimum absolute atomic E-state index is 0.0812. The molecule has 2 N–H and O–H groups in total. The molecule has 2 aromatic rings. The van der Waals surface area contributed by atoms with Gasteiger partial charge in [-0.1, -0.05) is 29.8 Å².